The summed E-state index contributed by atoms with van der Waals surface area (Å²) in [5.74, 6) is -0.807. The lowest BCUT2D eigenvalue weighted by Crippen LogP contribution is -2.37. The molecule has 2 unspecified atom stereocenters. The molecule has 0 aromatic rings. The average Bonchev–Trinajstić information content (AvgIpc) is 2.30. The molecule has 0 radical (unpaired) electrons. The number of likely N-dealkylation sites (N-methyl/N-ethyl adjacent to an activating group) is 1. The summed E-state index contributed by atoms with van der Waals surface area (Å²) in [6.45, 7) is 4.21. The Morgan fingerprint density at radius 1 is 0.344 bits per heavy atom. The van der Waals surface area contributed by atoms with E-state index in [1.54, 1.807) is 0 Å². The fourth-order valence-corrected chi connectivity index (χ4v) is 12.9. The van der Waals surface area contributed by atoms with E-state index in [0.29, 0.717) is 17.4 Å². The molecule has 0 rings (SSSR count). The zero-order valence-corrected chi connectivity index (χ0v) is 63.4. The largest absolute Gasteiger partial charge is 0.756 e. The molecule has 0 saturated carbocycles. The molecule has 2 atom stereocenters. The predicted octanol–water partition coefficient (Wildman–Crippen LogP) is 26.3. The van der Waals surface area contributed by atoms with E-state index < -0.39 is 26.5 Å². The van der Waals surface area contributed by atoms with Gasteiger partial charge >= 0.3 is 11.9 Å². The maximum atomic E-state index is 12.9. The first-order chi connectivity index (χ1) is 45.5. The Morgan fingerprint density at radius 3 is 0.914 bits per heavy atom. The number of hydrogen-bond donors (Lipinski definition) is 0. The third-order valence-electron chi connectivity index (χ3n) is 18.3. The Morgan fingerprint density at radius 2 is 0.613 bits per heavy atom. The minimum atomic E-state index is -4.64. The van der Waals surface area contributed by atoms with Gasteiger partial charge in [-0.3, -0.25) is 14.2 Å². The number of rotatable bonds is 76. The highest BCUT2D eigenvalue weighted by Crippen LogP contribution is 2.38. The van der Waals surface area contributed by atoms with E-state index in [2.05, 4.69) is 74.6 Å². The van der Waals surface area contributed by atoms with E-state index in [0.717, 1.165) is 64.2 Å². The topological polar surface area (TPSA) is 111 Å². The molecule has 0 aromatic heterocycles. The number of carbonyl (C=O) groups excluding carboxylic acids is 2. The van der Waals surface area contributed by atoms with E-state index in [-0.39, 0.29) is 32.0 Å². The van der Waals surface area contributed by atoms with Gasteiger partial charge in [0.15, 0.2) is 6.10 Å². The number of esters is 2. The fourth-order valence-electron chi connectivity index (χ4n) is 12.2. The van der Waals surface area contributed by atoms with Gasteiger partial charge in [-0.1, -0.05) is 396 Å². The molecule has 0 amide bonds. The Labute approximate surface area is 578 Å². The van der Waals surface area contributed by atoms with Gasteiger partial charge < -0.3 is 27.9 Å². The number of quaternary nitrogens is 1. The molecule has 10 heteroatoms. The molecule has 0 bridgehead atoms. The van der Waals surface area contributed by atoms with Gasteiger partial charge in [-0.15, -0.1) is 0 Å². The van der Waals surface area contributed by atoms with Gasteiger partial charge in [-0.2, -0.15) is 0 Å². The lowest BCUT2D eigenvalue weighted by atomic mass is 10.0. The lowest BCUT2D eigenvalue weighted by molar-refractivity contribution is -0.870. The summed E-state index contributed by atoms with van der Waals surface area (Å²) in [4.78, 5) is 38.2. The summed E-state index contributed by atoms with van der Waals surface area (Å²) in [5, 5.41) is 0. The number of unbranched alkanes of at least 4 members (excludes halogenated alkanes) is 52. The number of nitrogens with zero attached hydrogens (tertiary/aromatic N) is 1. The summed E-state index contributed by atoms with van der Waals surface area (Å²) < 4.78 is 34.4. The third kappa shape index (κ3) is 78.6. The van der Waals surface area contributed by atoms with Gasteiger partial charge in [0.2, 0.25) is 0 Å². The van der Waals surface area contributed by atoms with E-state index >= 15 is 0 Å². The highest BCUT2D eigenvalue weighted by Gasteiger charge is 2.22. The molecular weight excluding hydrogens is 1170 g/mol. The van der Waals surface area contributed by atoms with Crippen molar-refractivity contribution in [3.8, 4) is 0 Å². The molecule has 93 heavy (non-hydrogen) atoms. The van der Waals surface area contributed by atoms with Crippen molar-refractivity contribution in [1.29, 1.82) is 0 Å². The standard InChI is InChI=1S/C83H156NO8P/c1-6-8-10-12-14-16-18-20-22-24-26-28-30-32-34-36-37-38-39-40-41-42-43-44-45-46-47-48-50-52-54-56-58-60-62-64-66-68-70-72-74-76-83(86)92-81(80-91-93(87,88)90-78-77-84(3,4)5)79-89-82(85)75-73-71-69-67-65-63-61-59-57-55-53-51-49-35-33-31-29-27-25-23-21-19-17-15-13-11-9-7-2/h8,10,14,16,20,22,26,28,32,34,81H,6-7,9,11-13,15,17-19,21,23-25,27,29-31,33,35-80H2,1-5H3/b10-8-,16-14-,22-20-,28-26-,34-32-. The minimum Gasteiger partial charge on any atom is -0.756 e. The van der Waals surface area contributed by atoms with Crippen LogP contribution in [-0.2, 0) is 32.7 Å². The van der Waals surface area contributed by atoms with Crippen molar-refractivity contribution in [2.24, 2.45) is 0 Å². The van der Waals surface area contributed by atoms with Gasteiger partial charge in [-0.05, 0) is 57.8 Å². The fraction of sp³-hybridized carbons (Fsp3) is 0.855. The van der Waals surface area contributed by atoms with Crippen molar-refractivity contribution in [1.82, 2.24) is 0 Å². The minimum absolute atomic E-state index is 0.0275. The van der Waals surface area contributed by atoms with Crippen molar-refractivity contribution < 1.29 is 42.1 Å². The van der Waals surface area contributed by atoms with Crippen LogP contribution in [0.4, 0.5) is 0 Å². The molecule has 0 N–H and O–H groups in total. The van der Waals surface area contributed by atoms with Crippen LogP contribution in [0, 0.1) is 0 Å². The number of hydrogen-bond acceptors (Lipinski definition) is 8. The van der Waals surface area contributed by atoms with Gasteiger partial charge in [0.05, 0.1) is 27.7 Å². The quantitative estimate of drug-likeness (QED) is 0.0195. The van der Waals surface area contributed by atoms with E-state index in [9.17, 15) is 19.0 Å². The first-order valence-electron chi connectivity index (χ1n) is 40.5. The van der Waals surface area contributed by atoms with Crippen molar-refractivity contribution in [2.45, 2.75) is 412 Å². The summed E-state index contributed by atoms with van der Waals surface area (Å²) in [6, 6.07) is 0. The smallest absolute Gasteiger partial charge is 0.306 e. The highest BCUT2D eigenvalue weighted by atomic mass is 31.2. The maximum absolute atomic E-state index is 12.9. The SMILES string of the molecule is CC/C=C\C/C=C\C/C=C\C/C=C\C/C=C\CCCCCCCCCCCCCCCCCCCCCCCCCCCC(=O)OC(COC(=O)CCCCCCCCCCCCCCCCCCCCCCCCCCCCCC)COP(=O)([O-])OCC[N+](C)(C)C. The molecule has 0 heterocycles. The Balaban J connectivity index is 3.88. The molecule has 0 fully saturated rings. The Bertz CT molecular complexity index is 1750. The number of phosphoric ester groups is 1. The van der Waals surface area contributed by atoms with Crippen molar-refractivity contribution in [2.75, 3.05) is 47.5 Å². The molecule has 0 aliphatic rings. The van der Waals surface area contributed by atoms with Crippen LogP contribution in [0.5, 0.6) is 0 Å². The first kappa shape index (κ1) is 90.7. The summed E-state index contributed by atoms with van der Waals surface area (Å²) in [7, 11) is 1.19. The van der Waals surface area contributed by atoms with Gasteiger partial charge in [0.1, 0.15) is 19.8 Å². The van der Waals surface area contributed by atoms with Crippen LogP contribution < -0.4 is 4.89 Å². The van der Waals surface area contributed by atoms with Crippen LogP contribution in [0.2, 0.25) is 0 Å². The van der Waals surface area contributed by atoms with Gasteiger partial charge in [0, 0.05) is 12.8 Å². The maximum Gasteiger partial charge on any atom is 0.306 e. The molecular formula is C83H156NO8P. The second-order valence-electron chi connectivity index (χ2n) is 28.8. The van der Waals surface area contributed by atoms with Gasteiger partial charge in [-0.25, -0.2) is 0 Å². The zero-order valence-electron chi connectivity index (χ0n) is 62.5. The van der Waals surface area contributed by atoms with E-state index in [1.807, 2.05) is 21.1 Å². The van der Waals surface area contributed by atoms with Crippen LogP contribution in [0.1, 0.15) is 406 Å². The zero-order chi connectivity index (χ0) is 67.6. The summed E-state index contributed by atoms with van der Waals surface area (Å²) >= 11 is 0. The van der Waals surface area contributed by atoms with Crippen LogP contribution in [0.3, 0.4) is 0 Å². The molecule has 0 aliphatic heterocycles. The summed E-state index contributed by atoms with van der Waals surface area (Å²) in [6.07, 6.45) is 99.3. The predicted molar refractivity (Wildman–Crippen MR) is 402 cm³/mol. The van der Waals surface area contributed by atoms with Crippen LogP contribution in [-0.4, -0.2) is 70.0 Å². The summed E-state index contributed by atoms with van der Waals surface area (Å²) in [5.41, 5.74) is 0. The first-order valence-corrected chi connectivity index (χ1v) is 42.0. The molecule has 546 valence electrons. The Hall–Kier alpha value is -2.29. The monoisotopic (exact) mass is 1330 g/mol. The average molecular weight is 1330 g/mol. The van der Waals surface area contributed by atoms with Crippen LogP contribution in [0.15, 0.2) is 60.8 Å². The second kappa shape index (κ2) is 73.9. The third-order valence-corrected chi connectivity index (χ3v) is 19.3. The van der Waals surface area contributed by atoms with E-state index in [4.69, 9.17) is 18.5 Å². The van der Waals surface area contributed by atoms with Crippen LogP contribution in [0.25, 0.3) is 0 Å². The molecule has 0 aromatic carbocycles. The van der Waals surface area contributed by atoms with E-state index in [1.165, 1.54) is 308 Å². The van der Waals surface area contributed by atoms with Gasteiger partial charge in [0.25, 0.3) is 7.82 Å². The van der Waals surface area contributed by atoms with Crippen molar-refractivity contribution >= 4 is 19.8 Å². The second-order valence-corrected chi connectivity index (χ2v) is 30.2. The van der Waals surface area contributed by atoms with Crippen molar-refractivity contribution in [3.63, 3.8) is 0 Å². The normalized spacial score (nSPS) is 13.3. The number of allylic oxidation sites excluding steroid dienone is 10. The highest BCUT2D eigenvalue weighted by molar-refractivity contribution is 7.45. The number of carbonyl (C=O) groups is 2. The number of ether oxygens (including phenoxy) is 2. The van der Waals surface area contributed by atoms with Crippen molar-refractivity contribution in [3.05, 3.63) is 60.8 Å². The number of phosphoric acid groups is 1. The lowest BCUT2D eigenvalue weighted by Gasteiger charge is -2.28. The molecule has 9 nitrogen and oxygen atoms in total. The molecule has 0 aliphatic carbocycles. The molecule has 0 spiro atoms. The Kier molecular flexibility index (Phi) is 72.1. The van der Waals surface area contributed by atoms with Crippen LogP contribution >= 0.6 is 7.82 Å². The molecule has 0 saturated heterocycles.